The van der Waals surface area contributed by atoms with Gasteiger partial charge >= 0.3 is 11.9 Å². The smallest absolute Gasteiger partial charge is 0.306 e. The highest BCUT2D eigenvalue weighted by Crippen LogP contribution is 2.20. The number of hydrogen-bond acceptors (Lipinski definition) is 15. The molecule has 7 nitrogen and oxygen atoms in total. The Morgan fingerprint density at radius 2 is 0.972 bits per heavy atom. The van der Waals surface area contributed by atoms with Crippen molar-refractivity contribution in [3.8, 4) is 0 Å². The molecule has 0 amide bonds. The molecule has 0 saturated heterocycles. The van der Waals surface area contributed by atoms with Crippen LogP contribution in [0.1, 0.15) is 26.2 Å². The molecule has 0 bridgehead atoms. The van der Waals surface area contributed by atoms with E-state index in [1.807, 2.05) is 30.4 Å². The standard InChI is InChI=1S/C21H40O7S8/c1-2-5-27-28-8-13-33-19-36-18-32-12-7-26-21(24)4-10-30-17-35-16-29-9-3-20(23)25-6-11-31-15-34-14-22/h22H,2-19H2,1H3. The van der Waals surface area contributed by atoms with Gasteiger partial charge in [-0.25, -0.2) is 9.78 Å². The Kier molecular flexibility index (Phi) is 34.3. The predicted octanol–water partition coefficient (Wildman–Crippen LogP) is 5.81. The Bertz CT molecular complexity index is 495. The Morgan fingerprint density at radius 3 is 1.44 bits per heavy atom. The minimum absolute atomic E-state index is 0.125. The molecule has 1 N–H and O–H groups in total. The van der Waals surface area contributed by atoms with Crippen LogP contribution in [0.5, 0.6) is 0 Å². The maximum atomic E-state index is 11.8. The van der Waals surface area contributed by atoms with Crippen LogP contribution in [0.4, 0.5) is 0 Å². The topological polar surface area (TPSA) is 91.3 Å². The van der Waals surface area contributed by atoms with Gasteiger partial charge in [-0.2, -0.15) is 23.5 Å². The minimum atomic E-state index is -0.151. The van der Waals surface area contributed by atoms with Gasteiger partial charge in [-0.3, -0.25) is 9.59 Å². The van der Waals surface area contributed by atoms with Gasteiger partial charge in [0.05, 0.1) is 32.0 Å². The number of aliphatic hydroxyl groups is 1. The van der Waals surface area contributed by atoms with Gasteiger partial charge in [0.25, 0.3) is 0 Å². The molecule has 0 heterocycles. The van der Waals surface area contributed by atoms with E-state index in [9.17, 15) is 9.59 Å². The molecule has 36 heavy (non-hydrogen) atoms. The first-order chi connectivity index (χ1) is 17.7. The molecular formula is C21H40O7S8. The normalized spacial score (nSPS) is 11.1. The molecule has 0 atom stereocenters. The lowest BCUT2D eigenvalue weighted by molar-refractivity contribution is -0.290. The van der Waals surface area contributed by atoms with E-state index >= 15 is 0 Å². The van der Waals surface area contributed by atoms with Crippen molar-refractivity contribution in [2.24, 2.45) is 0 Å². The molecule has 0 saturated carbocycles. The first-order valence-electron chi connectivity index (χ1n) is 11.5. The average Bonchev–Trinajstić information content (AvgIpc) is 2.87. The number of aliphatic hydroxyl groups excluding tert-OH is 1. The molecule has 0 aromatic heterocycles. The molecule has 0 unspecified atom stereocenters. The van der Waals surface area contributed by atoms with Crippen molar-refractivity contribution in [3.63, 3.8) is 0 Å². The zero-order chi connectivity index (χ0) is 26.4. The molecule has 15 heteroatoms. The molecule has 0 spiro atoms. The number of thioether (sulfide) groups is 8. The van der Waals surface area contributed by atoms with Crippen molar-refractivity contribution >= 4 is 106 Å². The highest BCUT2D eigenvalue weighted by atomic mass is 32.2. The van der Waals surface area contributed by atoms with E-state index < -0.39 is 0 Å². The second kappa shape index (κ2) is 32.8. The lowest BCUT2D eigenvalue weighted by Crippen LogP contribution is -2.08. The third kappa shape index (κ3) is 31.8. The van der Waals surface area contributed by atoms with E-state index in [1.165, 1.54) is 11.8 Å². The van der Waals surface area contributed by atoms with Gasteiger partial charge in [-0.15, -0.1) is 70.6 Å². The van der Waals surface area contributed by atoms with Crippen LogP contribution in [0.3, 0.4) is 0 Å². The van der Waals surface area contributed by atoms with Crippen molar-refractivity contribution in [1.82, 2.24) is 0 Å². The third-order valence-electron chi connectivity index (χ3n) is 3.49. The molecule has 0 aliphatic heterocycles. The zero-order valence-electron chi connectivity index (χ0n) is 20.9. The van der Waals surface area contributed by atoms with Gasteiger partial charge in [0, 0.05) is 54.2 Å². The van der Waals surface area contributed by atoms with Crippen LogP contribution >= 0.6 is 94.1 Å². The SMILES string of the molecule is CCCOOCCSCSCSCCOC(=O)CCSCSCSCCC(=O)OCCSCSCO. The number of hydrogen-bond donors (Lipinski definition) is 1. The Morgan fingerprint density at radius 1 is 0.556 bits per heavy atom. The van der Waals surface area contributed by atoms with Crippen LogP contribution in [0.15, 0.2) is 0 Å². The largest absolute Gasteiger partial charge is 0.465 e. The molecule has 0 aliphatic rings. The van der Waals surface area contributed by atoms with Crippen LogP contribution in [0.25, 0.3) is 0 Å². The van der Waals surface area contributed by atoms with E-state index in [1.54, 1.807) is 58.8 Å². The van der Waals surface area contributed by atoms with E-state index in [0.29, 0.717) is 39.3 Å². The molecule has 0 fully saturated rings. The highest BCUT2D eigenvalue weighted by Gasteiger charge is 2.05. The molecule has 0 aromatic rings. The van der Waals surface area contributed by atoms with Gasteiger partial charge in [-0.05, 0) is 6.42 Å². The lowest BCUT2D eigenvalue weighted by atomic mass is 10.5. The summed E-state index contributed by atoms with van der Waals surface area (Å²) in [5.41, 5.74) is 0. The summed E-state index contributed by atoms with van der Waals surface area (Å²) >= 11 is 13.8. The fourth-order valence-electron chi connectivity index (χ4n) is 1.87. The van der Waals surface area contributed by atoms with Crippen molar-refractivity contribution in [1.29, 1.82) is 0 Å². The Hall–Kier alpha value is 1.62. The van der Waals surface area contributed by atoms with E-state index in [4.69, 9.17) is 24.4 Å². The first kappa shape index (κ1) is 37.6. The summed E-state index contributed by atoms with van der Waals surface area (Å²) in [6, 6.07) is 0. The van der Waals surface area contributed by atoms with E-state index in [-0.39, 0.29) is 17.9 Å². The van der Waals surface area contributed by atoms with Crippen LogP contribution in [0, 0.1) is 0 Å². The number of rotatable bonds is 29. The summed E-state index contributed by atoms with van der Waals surface area (Å²) < 4.78 is 10.5. The third-order valence-corrected chi connectivity index (χ3v) is 12.7. The summed E-state index contributed by atoms with van der Waals surface area (Å²) in [6.07, 6.45) is 1.84. The Balaban J connectivity index is 3.23. The number of esters is 2. The van der Waals surface area contributed by atoms with Crippen molar-refractivity contribution in [2.75, 3.05) is 86.6 Å². The van der Waals surface area contributed by atoms with Gasteiger partial charge in [0.1, 0.15) is 13.2 Å². The van der Waals surface area contributed by atoms with Gasteiger partial charge in [0.2, 0.25) is 0 Å². The molecule has 0 rings (SSSR count). The van der Waals surface area contributed by atoms with Gasteiger partial charge in [0.15, 0.2) is 0 Å². The predicted molar refractivity (Wildman–Crippen MR) is 170 cm³/mol. The number of carbonyl (C=O) groups is 2. The lowest BCUT2D eigenvalue weighted by Gasteiger charge is -2.06. The maximum Gasteiger partial charge on any atom is 0.306 e. The van der Waals surface area contributed by atoms with Crippen LogP contribution in [0.2, 0.25) is 0 Å². The van der Waals surface area contributed by atoms with Crippen molar-refractivity contribution < 1.29 is 33.9 Å². The molecule has 0 radical (unpaired) electrons. The highest BCUT2D eigenvalue weighted by molar-refractivity contribution is 8.23. The summed E-state index contributed by atoms with van der Waals surface area (Å²) in [4.78, 5) is 33.4. The van der Waals surface area contributed by atoms with Crippen LogP contribution in [-0.4, -0.2) is 104 Å². The summed E-state index contributed by atoms with van der Waals surface area (Å²) in [6.45, 7) is 4.22. The molecule has 214 valence electrons. The van der Waals surface area contributed by atoms with Gasteiger partial charge < -0.3 is 14.6 Å². The Labute approximate surface area is 251 Å². The van der Waals surface area contributed by atoms with Crippen LogP contribution in [-0.2, 0) is 28.8 Å². The number of carbonyl (C=O) groups excluding carboxylic acids is 2. The minimum Gasteiger partial charge on any atom is -0.465 e. The van der Waals surface area contributed by atoms with Crippen molar-refractivity contribution in [2.45, 2.75) is 26.2 Å². The fourth-order valence-corrected chi connectivity index (χ4v) is 9.86. The van der Waals surface area contributed by atoms with Gasteiger partial charge in [-0.1, -0.05) is 6.92 Å². The average molecular weight is 661 g/mol. The van der Waals surface area contributed by atoms with Crippen LogP contribution < -0.4 is 0 Å². The summed E-state index contributed by atoms with van der Waals surface area (Å²) in [7, 11) is 0. The van der Waals surface area contributed by atoms with Crippen molar-refractivity contribution in [3.05, 3.63) is 0 Å². The summed E-state index contributed by atoms with van der Waals surface area (Å²) in [5.74, 6) is 3.89. The summed E-state index contributed by atoms with van der Waals surface area (Å²) in [5, 5.41) is 13.3. The quantitative estimate of drug-likeness (QED) is 0.0344. The second-order valence-electron chi connectivity index (χ2n) is 6.46. The first-order valence-corrected chi connectivity index (χ1v) is 20.7. The molecular weight excluding hydrogens is 621 g/mol. The fraction of sp³-hybridized carbons (Fsp3) is 0.905. The second-order valence-corrected chi connectivity index (χ2v) is 16.7. The molecule has 0 aromatic carbocycles. The maximum absolute atomic E-state index is 11.8. The number of ether oxygens (including phenoxy) is 2. The molecule has 0 aliphatic carbocycles. The zero-order valence-corrected chi connectivity index (χ0v) is 27.4. The van der Waals surface area contributed by atoms with E-state index in [0.717, 1.165) is 60.6 Å². The van der Waals surface area contributed by atoms with E-state index in [2.05, 4.69) is 0 Å². The monoisotopic (exact) mass is 660 g/mol.